The molecule has 3 rings (SSSR count). The Morgan fingerprint density at radius 2 is 1.66 bits per heavy atom. The van der Waals surface area contributed by atoms with Gasteiger partial charge in [-0.25, -0.2) is 0 Å². The van der Waals surface area contributed by atoms with E-state index in [-0.39, 0.29) is 0 Å². The second-order valence-electron chi connectivity index (χ2n) is 8.47. The molecule has 0 aliphatic heterocycles. The van der Waals surface area contributed by atoms with Crippen LogP contribution in [-0.2, 0) is 18.1 Å². The van der Waals surface area contributed by atoms with Crippen LogP contribution in [-0.4, -0.2) is 11.5 Å². The second-order valence-corrected chi connectivity index (χ2v) is 8.91. The van der Waals surface area contributed by atoms with Crippen LogP contribution in [0.1, 0.15) is 49.1 Å². The number of hydrogen-bond donors (Lipinski definition) is 1. The van der Waals surface area contributed by atoms with Crippen molar-refractivity contribution in [2.24, 2.45) is 5.92 Å². The van der Waals surface area contributed by atoms with Gasteiger partial charge in [-0.15, -0.1) is 0 Å². The first-order valence-electron chi connectivity index (χ1n) is 10.8. The average molecular weight is 461 g/mol. The minimum atomic E-state index is -4.43. The molecule has 0 aliphatic carbocycles. The lowest BCUT2D eigenvalue weighted by Gasteiger charge is -2.36. The van der Waals surface area contributed by atoms with E-state index < -0.39 is 17.3 Å². The lowest BCUT2D eigenvalue weighted by atomic mass is 9.79. The van der Waals surface area contributed by atoms with Gasteiger partial charge in [0.05, 0.1) is 21.8 Å². The van der Waals surface area contributed by atoms with Crippen molar-refractivity contribution in [3.63, 3.8) is 0 Å². The number of nitrogens with one attached hydrogen (secondary N) is 1. The van der Waals surface area contributed by atoms with Crippen molar-refractivity contribution in [2.75, 3.05) is 6.54 Å². The minimum absolute atomic E-state index is 0.450. The number of benzene rings is 2. The summed E-state index contributed by atoms with van der Waals surface area (Å²) in [5.41, 5.74) is 0.540. The van der Waals surface area contributed by atoms with Crippen LogP contribution in [0.15, 0.2) is 72.9 Å². The van der Waals surface area contributed by atoms with Gasteiger partial charge in [0.1, 0.15) is 0 Å². The molecular weight excluding hydrogens is 433 g/mol. The normalized spacial score (nSPS) is 13.8. The summed E-state index contributed by atoms with van der Waals surface area (Å²) in [6, 6.07) is 18.8. The number of rotatable bonds is 9. The van der Waals surface area contributed by atoms with Crippen molar-refractivity contribution in [3.05, 3.63) is 100 Å². The van der Waals surface area contributed by atoms with Crippen LogP contribution in [0.25, 0.3) is 0 Å². The fraction of sp³-hybridized carbons (Fsp3) is 0.346. The van der Waals surface area contributed by atoms with Crippen molar-refractivity contribution in [2.45, 2.75) is 44.8 Å². The average Bonchev–Trinajstić information content (AvgIpc) is 2.76. The molecule has 2 nitrogen and oxygen atoms in total. The number of aromatic nitrogens is 1. The molecule has 1 N–H and O–H groups in total. The van der Waals surface area contributed by atoms with Gasteiger partial charge in [0, 0.05) is 12.6 Å². The summed E-state index contributed by atoms with van der Waals surface area (Å²) in [4.78, 5) is 4.55. The Kier molecular flexibility index (Phi) is 7.96. The van der Waals surface area contributed by atoms with Crippen LogP contribution in [0, 0.1) is 5.92 Å². The second kappa shape index (κ2) is 10.5. The highest BCUT2D eigenvalue weighted by Gasteiger charge is 2.38. The van der Waals surface area contributed by atoms with Gasteiger partial charge >= 0.3 is 6.18 Å². The van der Waals surface area contributed by atoms with Crippen LogP contribution in [0.2, 0.25) is 5.02 Å². The highest BCUT2D eigenvalue weighted by atomic mass is 35.5. The maximum absolute atomic E-state index is 13.6. The van der Waals surface area contributed by atoms with Crippen LogP contribution in [0.5, 0.6) is 0 Å². The summed E-state index contributed by atoms with van der Waals surface area (Å²) in [5.74, 6) is 0.544. The third kappa shape index (κ3) is 6.11. The summed E-state index contributed by atoms with van der Waals surface area (Å²) in [6.07, 6.45) is -0.517. The van der Waals surface area contributed by atoms with Gasteiger partial charge in [-0.3, -0.25) is 4.98 Å². The first-order valence-corrected chi connectivity index (χ1v) is 11.2. The highest BCUT2D eigenvalue weighted by Crippen LogP contribution is 2.37. The molecule has 170 valence electrons. The maximum Gasteiger partial charge on any atom is 0.416 e. The molecule has 1 aromatic heterocycles. The molecule has 32 heavy (non-hydrogen) atoms. The first kappa shape index (κ1) is 24.3. The van der Waals surface area contributed by atoms with Crippen molar-refractivity contribution < 1.29 is 13.2 Å². The van der Waals surface area contributed by atoms with Gasteiger partial charge in [0.25, 0.3) is 0 Å². The van der Waals surface area contributed by atoms with Crippen molar-refractivity contribution in [3.8, 4) is 0 Å². The van der Waals surface area contributed by atoms with E-state index in [4.69, 9.17) is 11.6 Å². The van der Waals surface area contributed by atoms with Gasteiger partial charge in [0.15, 0.2) is 0 Å². The van der Waals surface area contributed by atoms with Gasteiger partial charge in [0.2, 0.25) is 0 Å². The van der Waals surface area contributed by atoms with E-state index in [0.717, 1.165) is 24.5 Å². The molecule has 1 heterocycles. The van der Waals surface area contributed by atoms with E-state index in [1.54, 1.807) is 24.4 Å². The third-order valence-corrected chi connectivity index (χ3v) is 5.77. The molecule has 0 radical (unpaired) electrons. The van der Waals surface area contributed by atoms with Crippen LogP contribution in [0.3, 0.4) is 0 Å². The van der Waals surface area contributed by atoms with Crippen molar-refractivity contribution >= 4 is 11.6 Å². The van der Waals surface area contributed by atoms with Crippen molar-refractivity contribution in [1.82, 2.24) is 10.3 Å². The number of alkyl halides is 3. The quantitative estimate of drug-likeness (QED) is 0.340. The predicted molar refractivity (Wildman–Crippen MR) is 124 cm³/mol. The Hall–Kier alpha value is -2.37. The Balaban J connectivity index is 2.14. The predicted octanol–water partition coefficient (Wildman–Crippen LogP) is 7.27. The Morgan fingerprint density at radius 3 is 2.28 bits per heavy atom. The van der Waals surface area contributed by atoms with E-state index in [1.807, 2.05) is 30.3 Å². The van der Waals surface area contributed by atoms with Crippen molar-refractivity contribution in [1.29, 1.82) is 0 Å². The SMILES string of the molecule is CC(C)CCCNC(Cc1ccccc1)(c1cccc(C(F)(F)F)c1)c1ccc(Cl)cn1. The topological polar surface area (TPSA) is 24.9 Å². The molecule has 3 aromatic rings. The zero-order valence-corrected chi connectivity index (χ0v) is 19.0. The van der Waals surface area contributed by atoms with Gasteiger partial charge in [-0.2, -0.15) is 13.2 Å². The van der Waals surface area contributed by atoms with Crippen LogP contribution < -0.4 is 5.32 Å². The number of hydrogen-bond acceptors (Lipinski definition) is 2. The molecule has 0 aliphatic rings. The fourth-order valence-corrected chi connectivity index (χ4v) is 4.01. The lowest BCUT2D eigenvalue weighted by molar-refractivity contribution is -0.137. The molecule has 1 unspecified atom stereocenters. The number of halogens is 4. The fourth-order valence-electron chi connectivity index (χ4n) is 3.90. The summed E-state index contributed by atoms with van der Waals surface area (Å²) in [6.45, 7) is 4.96. The summed E-state index contributed by atoms with van der Waals surface area (Å²) in [7, 11) is 0. The number of nitrogens with zero attached hydrogens (tertiary/aromatic N) is 1. The standard InChI is InChI=1S/C26H28ClF3N2/c1-19(2)8-7-15-32-25(17-20-9-4-3-5-10-20,24-14-13-23(27)18-31-24)21-11-6-12-22(16-21)26(28,29)30/h3-6,9-14,16,18-19,32H,7-8,15,17H2,1-2H3. The largest absolute Gasteiger partial charge is 0.416 e. The Morgan fingerprint density at radius 1 is 0.938 bits per heavy atom. The smallest absolute Gasteiger partial charge is 0.302 e. The molecular formula is C26H28ClF3N2. The van der Waals surface area contributed by atoms with Gasteiger partial charge < -0.3 is 5.32 Å². The Bertz CT molecular complexity index is 988. The molecule has 0 fully saturated rings. The molecule has 2 aromatic carbocycles. The van der Waals surface area contributed by atoms with E-state index in [2.05, 4.69) is 24.1 Å². The molecule has 6 heteroatoms. The third-order valence-electron chi connectivity index (χ3n) is 5.54. The molecule has 0 amide bonds. The number of pyridine rings is 1. The van der Waals surface area contributed by atoms with Crippen LogP contribution >= 0.6 is 11.6 Å². The molecule has 0 spiro atoms. The van der Waals surface area contributed by atoms with E-state index in [1.165, 1.54) is 12.1 Å². The summed E-state index contributed by atoms with van der Waals surface area (Å²) >= 11 is 6.08. The Labute approximate surface area is 192 Å². The molecule has 0 bridgehead atoms. The van der Waals surface area contributed by atoms with Gasteiger partial charge in [-0.05, 0) is 60.7 Å². The molecule has 0 saturated heterocycles. The summed E-state index contributed by atoms with van der Waals surface area (Å²) < 4.78 is 40.7. The maximum atomic E-state index is 13.6. The highest BCUT2D eigenvalue weighted by molar-refractivity contribution is 6.30. The zero-order chi connectivity index (χ0) is 23.2. The minimum Gasteiger partial charge on any atom is -0.302 e. The van der Waals surface area contributed by atoms with E-state index in [0.29, 0.717) is 35.2 Å². The summed E-state index contributed by atoms with van der Waals surface area (Å²) in [5, 5.41) is 4.07. The zero-order valence-electron chi connectivity index (χ0n) is 18.3. The lowest BCUT2D eigenvalue weighted by Crippen LogP contribution is -2.46. The first-order chi connectivity index (χ1) is 15.2. The monoisotopic (exact) mass is 460 g/mol. The van der Waals surface area contributed by atoms with Crippen LogP contribution in [0.4, 0.5) is 13.2 Å². The molecule has 1 atom stereocenters. The van der Waals surface area contributed by atoms with E-state index in [9.17, 15) is 13.2 Å². The molecule has 0 saturated carbocycles. The van der Waals surface area contributed by atoms with E-state index >= 15 is 0 Å². The van der Waals surface area contributed by atoms with Gasteiger partial charge in [-0.1, -0.05) is 67.9 Å².